The van der Waals surface area contributed by atoms with Gasteiger partial charge in [-0.2, -0.15) is 0 Å². The maximum absolute atomic E-state index is 10.2. The van der Waals surface area contributed by atoms with Gasteiger partial charge in [0.05, 0.1) is 0 Å². The predicted molar refractivity (Wildman–Crippen MR) is 34.7 cm³/mol. The molecule has 0 radical (unpaired) electrons. The zero-order valence-corrected chi connectivity index (χ0v) is 5.26. The van der Waals surface area contributed by atoms with E-state index in [1.807, 2.05) is 0 Å². The van der Waals surface area contributed by atoms with E-state index in [-0.39, 0.29) is 6.61 Å². The minimum Gasteiger partial charge on any atom is -0.396 e. The molecule has 0 aromatic heterocycles. The molecule has 9 heavy (non-hydrogen) atoms. The van der Waals surface area contributed by atoms with E-state index in [4.69, 9.17) is 10.8 Å². The Kier molecular flexibility index (Phi) is 3.71. The van der Waals surface area contributed by atoms with Gasteiger partial charge in [-0.05, 0) is 12.8 Å². The molecule has 0 fully saturated rings. The van der Waals surface area contributed by atoms with E-state index in [9.17, 15) is 4.79 Å². The quantitative estimate of drug-likeness (QED) is 0.516. The molecule has 0 saturated heterocycles. The highest BCUT2D eigenvalue weighted by Crippen LogP contribution is 1.98. The number of carbonyl (C=O) groups is 1. The second kappa shape index (κ2) is 4.09. The van der Waals surface area contributed by atoms with Crippen LogP contribution in [0.3, 0.4) is 0 Å². The van der Waals surface area contributed by atoms with Crippen LogP contribution in [-0.4, -0.2) is 17.6 Å². The molecule has 0 saturated carbocycles. The van der Waals surface area contributed by atoms with Crippen LogP contribution in [0, 0.1) is 0 Å². The zero-order chi connectivity index (χ0) is 7.28. The summed E-state index contributed by atoms with van der Waals surface area (Å²) >= 11 is 0. The van der Waals surface area contributed by atoms with Crippen LogP contribution < -0.4 is 5.73 Å². The van der Waals surface area contributed by atoms with Gasteiger partial charge < -0.3 is 10.8 Å². The van der Waals surface area contributed by atoms with Crippen molar-refractivity contribution in [2.24, 2.45) is 5.73 Å². The van der Waals surface area contributed by atoms with Crippen LogP contribution in [-0.2, 0) is 4.79 Å². The van der Waals surface area contributed by atoms with Crippen molar-refractivity contribution in [3.8, 4) is 0 Å². The average molecular weight is 129 g/mol. The Morgan fingerprint density at radius 1 is 1.67 bits per heavy atom. The number of amides is 1. The third-order valence-corrected chi connectivity index (χ3v) is 0.985. The summed E-state index contributed by atoms with van der Waals surface area (Å²) in [5.41, 5.74) is 5.24. The van der Waals surface area contributed by atoms with Crippen LogP contribution in [0.5, 0.6) is 0 Å². The molecule has 3 heteroatoms. The molecule has 0 aliphatic rings. The fraction of sp³-hybridized carbons (Fsp3) is 0.500. The van der Waals surface area contributed by atoms with E-state index >= 15 is 0 Å². The first-order valence-electron chi connectivity index (χ1n) is 2.77. The van der Waals surface area contributed by atoms with E-state index in [1.165, 1.54) is 0 Å². The van der Waals surface area contributed by atoms with Gasteiger partial charge in [0.25, 0.3) is 0 Å². The van der Waals surface area contributed by atoms with Crippen LogP contribution in [0.25, 0.3) is 0 Å². The normalized spacial score (nSPS) is 9.00. The van der Waals surface area contributed by atoms with Crippen molar-refractivity contribution < 1.29 is 9.90 Å². The molecule has 3 nitrogen and oxygen atoms in total. The van der Waals surface area contributed by atoms with Crippen LogP contribution >= 0.6 is 0 Å². The fourth-order valence-electron chi connectivity index (χ4n) is 0.416. The first-order valence-corrected chi connectivity index (χ1v) is 2.77. The summed E-state index contributed by atoms with van der Waals surface area (Å²) in [5.74, 6) is -0.483. The van der Waals surface area contributed by atoms with E-state index in [2.05, 4.69) is 6.58 Å². The summed E-state index contributed by atoms with van der Waals surface area (Å²) in [6, 6.07) is 0. The topological polar surface area (TPSA) is 63.3 Å². The molecule has 52 valence electrons. The van der Waals surface area contributed by atoms with Gasteiger partial charge in [-0.25, -0.2) is 0 Å². The van der Waals surface area contributed by atoms with Gasteiger partial charge >= 0.3 is 0 Å². The molecular weight excluding hydrogens is 118 g/mol. The lowest BCUT2D eigenvalue weighted by atomic mass is 10.2. The van der Waals surface area contributed by atoms with E-state index in [0.717, 1.165) is 0 Å². The summed E-state index contributed by atoms with van der Waals surface area (Å²) in [7, 11) is 0. The lowest BCUT2D eigenvalue weighted by molar-refractivity contribution is -0.114. The summed E-state index contributed by atoms with van der Waals surface area (Å²) in [6.45, 7) is 3.48. The minimum atomic E-state index is -0.483. The molecule has 0 aliphatic carbocycles. The maximum Gasteiger partial charge on any atom is 0.244 e. The minimum absolute atomic E-state index is 0.0757. The van der Waals surface area contributed by atoms with Crippen molar-refractivity contribution in [1.29, 1.82) is 0 Å². The third-order valence-electron chi connectivity index (χ3n) is 0.985. The number of aliphatic hydroxyl groups excluding tert-OH is 1. The molecule has 3 N–H and O–H groups in total. The van der Waals surface area contributed by atoms with Crippen LogP contribution in [0.1, 0.15) is 12.8 Å². The highest BCUT2D eigenvalue weighted by molar-refractivity contribution is 5.91. The Morgan fingerprint density at radius 2 is 2.22 bits per heavy atom. The molecular formula is C6H11NO2. The number of hydrogen-bond acceptors (Lipinski definition) is 2. The van der Waals surface area contributed by atoms with Gasteiger partial charge in [0.2, 0.25) is 5.91 Å². The Bertz CT molecular complexity index is 120. The number of hydrogen-bond donors (Lipinski definition) is 2. The predicted octanol–water partition coefficient (Wildman–Crippen LogP) is -0.200. The van der Waals surface area contributed by atoms with Gasteiger partial charge in [-0.1, -0.05) is 6.58 Å². The van der Waals surface area contributed by atoms with Crippen molar-refractivity contribution in [1.82, 2.24) is 0 Å². The van der Waals surface area contributed by atoms with Crippen molar-refractivity contribution in [3.63, 3.8) is 0 Å². The Hall–Kier alpha value is -0.830. The molecule has 0 unspecified atom stereocenters. The highest BCUT2D eigenvalue weighted by Gasteiger charge is 1.98. The van der Waals surface area contributed by atoms with Crippen molar-refractivity contribution >= 4 is 5.91 Å². The summed E-state index contributed by atoms with van der Waals surface area (Å²) in [6.07, 6.45) is 1.05. The van der Waals surface area contributed by atoms with E-state index in [0.29, 0.717) is 18.4 Å². The number of rotatable bonds is 4. The molecule has 0 atom stereocenters. The van der Waals surface area contributed by atoms with Crippen molar-refractivity contribution in [2.45, 2.75) is 12.8 Å². The van der Waals surface area contributed by atoms with E-state index in [1.54, 1.807) is 0 Å². The number of nitrogens with two attached hydrogens (primary N) is 1. The molecule has 0 aromatic carbocycles. The van der Waals surface area contributed by atoms with Gasteiger partial charge in [0.15, 0.2) is 0 Å². The Balaban J connectivity index is 3.39. The first kappa shape index (κ1) is 8.17. The molecule has 0 aromatic rings. The van der Waals surface area contributed by atoms with Crippen LogP contribution in [0.15, 0.2) is 12.2 Å². The number of aliphatic hydroxyl groups is 1. The van der Waals surface area contributed by atoms with Crippen molar-refractivity contribution in [2.75, 3.05) is 6.61 Å². The number of carbonyl (C=O) groups excluding carboxylic acids is 1. The molecule has 0 bridgehead atoms. The smallest absolute Gasteiger partial charge is 0.244 e. The molecule has 0 aliphatic heterocycles. The van der Waals surface area contributed by atoms with Crippen LogP contribution in [0.2, 0.25) is 0 Å². The SMILES string of the molecule is C=C(CCCO)C(N)=O. The maximum atomic E-state index is 10.2. The third kappa shape index (κ3) is 3.73. The Morgan fingerprint density at radius 3 is 2.56 bits per heavy atom. The molecule has 0 spiro atoms. The van der Waals surface area contributed by atoms with E-state index < -0.39 is 5.91 Å². The molecule has 1 amide bonds. The highest BCUT2D eigenvalue weighted by atomic mass is 16.2. The zero-order valence-electron chi connectivity index (χ0n) is 5.26. The lowest BCUT2D eigenvalue weighted by Crippen LogP contribution is -2.13. The second-order valence-corrected chi connectivity index (χ2v) is 1.79. The standard InChI is InChI=1S/C6H11NO2/c1-5(6(7)9)3-2-4-8/h8H,1-4H2,(H2,7,9). The number of primary amides is 1. The second-order valence-electron chi connectivity index (χ2n) is 1.79. The monoisotopic (exact) mass is 129 g/mol. The van der Waals surface area contributed by atoms with Gasteiger partial charge in [0.1, 0.15) is 0 Å². The summed E-state index contributed by atoms with van der Waals surface area (Å²) in [5, 5.41) is 8.30. The average Bonchev–Trinajstić information content (AvgIpc) is 1.82. The van der Waals surface area contributed by atoms with Gasteiger partial charge in [-0.15, -0.1) is 0 Å². The molecule has 0 heterocycles. The van der Waals surface area contributed by atoms with Crippen LogP contribution in [0.4, 0.5) is 0 Å². The first-order chi connectivity index (χ1) is 4.18. The van der Waals surface area contributed by atoms with Gasteiger partial charge in [0, 0.05) is 12.2 Å². The summed E-state index contributed by atoms with van der Waals surface area (Å²) in [4.78, 5) is 10.2. The largest absolute Gasteiger partial charge is 0.396 e. The van der Waals surface area contributed by atoms with Crippen molar-refractivity contribution in [3.05, 3.63) is 12.2 Å². The summed E-state index contributed by atoms with van der Waals surface area (Å²) < 4.78 is 0. The molecule has 0 rings (SSSR count). The fourth-order valence-corrected chi connectivity index (χ4v) is 0.416. The Labute approximate surface area is 54.2 Å². The lowest BCUT2D eigenvalue weighted by Gasteiger charge is -1.95. The van der Waals surface area contributed by atoms with Gasteiger partial charge in [-0.3, -0.25) is 4.79 Å².